The van der Waals surface area contributed by atoms with Gasteiger partial charge in [-0.3, -0.25) is 0 Å². The predicted molar refractivity (Wildman–Crippen MR) is 73.6 cm³/mol. The Kier molecular flexibility index (Phi) is 3.92. The van der Waals surface area contributed by atoms with Gasteiger partial charge in [-0.15, -0.1) is 0 Å². The molecule has 1 unspecified atom stereocenters. The zero-order valence-electron chi connectivity index (χ0n) is 9.97. The molecule has 1 aliphatic carbocycles. The van der Waals surface area contributed by atoms with Crippen molar-refractivity contribution in [1.29, 1.82) is 0 Å². The molecule has 0 amide bonds. The highest BCUT2D eigenvalue weighted by Crippen LogP contribution is 2.35. The zero-order chi connectivity index (χ0) is 12.4. The minimum Gasteiger partial charge on any atom is -0.397 e. The van der Waals surface area contributed by atoms with Crippen molar-refractivity contribution in [3.05, 3.63) is 22.4 Å². The van der Waals surface area contributed by atoms with Crippen LogP contribution in [0.15, 0.2) is 16.6 Å². The van der Waals surface area contributed by atoms with E-state index in [9.17, 15) is 4.39 Å². The maximum absolute atomic E-state index is 13.2. The number of hydrogen-bond acceptors (Lipinski definition) is 2. The van der Waals surface area contributed by atoms with Gasteiger partial charge in [0.1, 0.15) is 5.82 Å². The molecule has 0 radical (unpaired) electrons. The first-order chi connectivity index (χ1) is 8.10. The summed E-state index contributed by atoms with van der Waals surface area (Å²) in [5.41, 5.74) is 7.11. The maximum atomic E-state index is 13.2. The Balaban J connectivity index is 2.07. The van der Waals surface area contributed by atoms with Gasteiger partial charge in [0.05, 0.1) is 15.8 Å². The fourth-order valence-corrected chi connectivity index (χ4v) is 2.33. The number of benzene rings is 1. The van der Waals surface area contributed by atoms with Crippen LogP contribution in [-0.2, 0) is 0 Å². The van der Waals surface area contributed by atoms with Crippen LogP contribution in [0.4, 0.5) is 15.8 Å². The number of anilines is 2. The second-order valence-corrected chi connectivity index (χ2v) is 5.64. The van der Waals surface area contributed by atoms with E-state index in [4.69, 9.17) is 5.73 Å². The van der Waals surface area contributed by atoms with E-state index in [1.807, 2.05) is 0 Å². The molecule has 2 rings (SSSR count). The summed E-state index contributed by atoms with van der Waals surface area (Å²) in [5.74, 6) is 0.556. The standard InChI is InChI=1S/C13H18BrFN2/c1-2-9(5-8-3-4-8)17-13-6-10(14)11(15)7-12(13)16/h6-9,17H,2-5,16H2,1H3. The molecule has 0 aromatic heterocycles. The topological polar surface area (TPSA) is 38.0 Å². The minimum atomic E-state index is -0.316. The van der Waals surface area contributed by atoms with Crippen molar-refractivity contribution in [2.45, 2.75) is 38.6 Å². The first kappa shape index (κ1) is 12.7. The van der Waals surface area contributed by atoms with Gasteiger partial charge in [-0.2, -0.15) is 0 Å². The average molecular weight is 301 g/mol. The van der Waals surface area contributed by atoms with Gasteiger partial charge in [-0.25, -0.2) is 4.39 Å². The van der Waals surface area contributed by atoms with Crippen molar-refractivity contribution >= 4 is 27.3 Å². The molecular formula is C13H18BrFN2. The van der Waals surface area contributed by atoms with E-state index in [0.717, 1.165) is 18.0 Å². The third kappa shape index (κ3) is 3.35. The molecule has 0 spiro atoms. The van der Waals surface area contributed by atoms with Gasteiger partial charge in [-0.1, -0.05) is 19.8 Å². The highest BCUT2D eigenvalue weighted by Gasteiger charge is 2.25. The summed E-state index contributed by atoms with van der Waals surface area (Å²) in [6.45, 7) is 2.16. The molecule has 94 valence electrons. The summed E-state index contributed by atoms with van der Waals surface area (Å²) < 4.78 is 13.7. The molecule has 3 N–H and O–H groups in total. The lowest BCUT2D eigenvalue weighted by atomic mass is 10.1. The second kappa shape index (κ2) is 5.25. The van der Waals surface area contributed by atoms with E-state index >= 15 is 0 Å². The number of nitrogens with two attached hydrogens (primary N) is 1. The number of rotatable bonds is 5. The normalized spacial score (nSPS) is 16.9. The Hall–Kier alpha value is -0.770. The van der Waals surface area contributed by atoms with Gasteiger partial charge >= 0.3 is 0 Å². The van der Waals surface area contributed by atoms with E-state index in [-0.39, 0.29) is 5.82 Å². The van der Waals surface area contributed by atoms with Crippen molar-refractivity contribution in [3.8, 4) is 0 Å². The van der Waals surface area contributed by atoms with Crippen LogP contribution in [0.25, 0.3) is 0 Å². The van der Waals surface area contributed by atoms with E-state index in [1.54, 1.807) is 6.07 Å². The van der Waals surface area contributed by atoms with Crippen LogP contribution in [0.5, 0.6) is 0 Å². The minimum absolute atomic E-state index is 0.316. The Morgan fingerprint density at radius 1 is 1.53 bits per heavy atom. The Morgan fingerprint density at radius 3 is 2.82 bits per heavy atom. The Bertz CT molecular complexity index is 405. The summed E-state index contributed by atoms with van der Waals surface area (Å²) >= 11 is 3.18. The summed E-state index contributed by atoms with van der Waals surface area (Å²) in [6, 6.07) is 3.51. The van der Waals surface area contributed by atoms with Crippen molar-refractivity contribution in [3.63, 3.8) is 0 Å². The molecule has 1 aromatic rings. The van der Waals surface area contributed by atoms with Gasteiger partial charge in [0.2, 0.25) is 0 Å². The summed E-state index contributed by atoms with van der Waals surface area (Å²) in [5, 5.41) is 3.41. The van der Waals surface area contributed by atoms with Crippen LogP contribution in [0.1, 0.15) is 32.6 Å². The second-order valence-electron chi connectivity index (χ2n) is 4.78. The first-order valence-corrected chi connectivity index (χ1v) is 6.90. The lowest BCUT2D eigenvalue weighted by molar-refractivity contribution is 0.586. The van der Waals surface area contributed by atoms with Crippen LogP contribution in [0, 0.1) is 11.7 Å². The van der Waals surface area contributed by atoms with E-state index in [2.05, 4.69) is 28.2 Å². The number of nitrogen functional groups attached to an aromatic ring is 1. The smallest absolute Gasteiger partial charge is 0.139 e. The highest BCUT2D eigenvalue weighted by atomic mass is 79.9. The SMILES string of the molecule is CCC(CC1CC1)Nc1cc(Br)c(F)cc1N. The molecule has 0 bridgehead atoms. The third-order valence-corrected chi connectivity index (χ3v) is 3.87. The van der Waals surface area contributed by atoms with Crippen molar-refractivity contribution in [2.24, 2.45) is 5.92 Å². The lowest BCUT2D eigenvalue weighted by Crippen LogP contribution is -2.20. The Morgan fingerprint density at radius 2 is 2.24 bits per heavy atom. The molecule has 17 heavy (non-hydrogen) atoms. The van der Waals surface area contributed by atoms with Crippen LogP contribution >= 0.6 is 15.9 Å². The van der Waals surface area contributed by atoms with E-state index < -0.39 is 0 Å². The predicted octanol–water partition coefficient (Wildman–Crippen LogP) is 4.16. The molecular weight excluding hydrogens is 283 g/mol. The molecule has 0 saturated heterocycles. The van der Waals surface area contributed by atoms with Crippen LogP contribution < -0.4 is 11.1 Å². The van der Waals surface area contributed by atoms with Crippen molar-refractivity contribution in [1.82, 2.24) is 0 Å². The van der Waals surface area contributed by atoms with E-state index in [1.165, 1.54) is 25.3 Å². The quantitative estimate of drug-likeness (QED) is 0.801. The maximum Gasteiger partial charge on any atom is 0.139 e. The molecule has 0 heterocycles. The molecule has 1 aliphatic rings. The van der Waals surface area contributed by atoms with Gasteiger partial charge in [0.25, 0.3) is 0 Å². The van der Waals surface area contributed by atoms with Gasteiger partial charge < -0.3 is 11.1 Å². The van der Waals surface area contributed by atoms with Crippen molar-refractivity contribution in [2.75, 3.05) is 11.1 Å². The molecule has 4 heteroatoms. The molecule has 1 atom stereocenters. The summed E-state index contributed by atoms with van der Waals surface area (Å²) in [4.78, 5) is 0. The van der Waals surface area contributed by atoms with Crippen LogP contribution in [-0.4, -0.2) is 6.04 Å². The summed E-state index contributed by atoms with van der Waals surface area (Å²) in [6.07, 6.45) is 4.94. The first-order valence-electron chi connectivity index (χ1n) is 6.11. The monoisotopic (exact) mass is 300 g/mol. The lowest BCUT2D eigenvalue weighted by Gasteiger charge is -2.19. The highest BCUT2D eigenvalue weighted by molar-refractivity contribution is 9.10. The number of nitrogens with one attached hydrogen (secondary N) is 1. The summed E-state index contributed by atoms with van der Waals surface area (Å²) in [7, 11) is 0. The van der Waals surface area contributed by atoms with Gasteiger partial charge in [0, 0.05) is 12.1 Å². The fourth-order valence-electron chi connectivity index (χ4n) is 1.99. The van der Waals surface area contributed by atoms with Gasteiger partial charge in [-0.05, 0) is 40.8 Å². The molecule has 0 aliphatic heterocycles. The number of halogens is 2. The fraction of sp³-hybridized carbons (Fsp3) is 0.538. The molecule has 1 aromatic carbocycles. The van der Waals surface area contributed by atoms with Crippen LogP contribution in [0.3, 0.4) is 0 Å². The van der Waals surface area contributed by atoms with E-state index in [0.29, 0.717) is 16.2 Å². The average Bonchev–Trinajstić information content (AvgIpc) is 3.08. The number of hydrogen-bond donors (Lipinski definition) is 2. The molecule has 1 fully saturated rings. The third-order valence-electron chi connectivity index (χ3n) is 3.26. The molecule has 2 nitrogen and oxygen atoms in total. The Labute approximate surface area is 110 Å². The van der Waals surface area contributed by atoms with Crippen LogP contribution in [0.2, 0.25) is 0 Å². The largest absolute Gasteiger partial charge is 0.397 e. The van der Waals surface area contributed by atoms with Crippen molar-refractivity contribution < 1.29 is 4.39 Å². The molecule has 1 saturated carbocycles. The zero-order valence-corrected chi connectivity index (χ0v) is 11.6. The van der Waals surface area contributed by atoms with Gasteiger partial charge in [0.15, 0.2) is 0 Å².